The highest BCUT2D eigenvalue weighted by Crippen LogP contribution is 2.23. The van der Waals surface area contributed by atoms with Crippen molar-refractivity contribution in [3.8, 4) is 5.75 Å². The molecule has 4 N–H and O–H groups in total. The average Bonchev–Trinajstić information content (AvgIpc) is 3.38. The molecule has 0 fully saturated rings. The predicted molar refractivity (Wildman–Crippen MR) is 166 cm³/mol. The van der Waals surface area contributed by atoms with E-state index < -0.39 is 30.1 Å². The van der Waals surface area contributed by atoms with E-state index in [1.54, 1.807) is 12.3 Å². The first-order valence-corrected chi connectivity index (χ1v) is 14.6. The summed E-state index contributed by atoms with van der Waals surface area (Å²) in [6, 6.07) is 13.0. The third-order valence-electron chi connectivity index (χ3n) is 8.03. The molecule has 224 valence electrons. The van der Waals surface area contributed by atoms with E-state index in [2.05, 4.69) is 20.9 Å². The number of nitrogens with one attached hydrogen (secondary N) is 4. The number of amides is 3. The SMILES string of the molecule is CC[C@@H](C)[C@@H]1NC(=O)[C@@H](NC(=O)[C@@H](Cc2c[nH]c3ccccc23)N(C)C)[C@H](C(C)C)Oc2ccc(cc2)/C=C\NC1=O. The molecular formula is C33H43N5O4. The molecular weight excluding hydrogens is 530 g/mol. The van der Waals surface area contributed by atoms with Crippen LogP contribution in [0.4, 0.5) is 0 Å². The molecule has 0 spiro atoms. The van der Waals surface area contributed by atoms with Crippen molar-refractivity contribution >= 4 is 34.7 Å². The van der Waals surface area contributed by atoms with Crippen molar-refractivity contribution in [2.75, 3.05) is 14.1 Å². The number of hydrogen-bond acceptors (Lipinski definition) is 5. The van der Waals surface area contributed by atoms with Gasteiger partial charge in [0.2, 0.25) is 17.7 Å². The molecule has 9 heteroatoms. The predicted octanol–water partition coefficient (Wildman–Crippen LogP) is 3.86. The molecule has 3 aromatic rings. The van der Waals surface area contributed by atoms with Crippen molar-refractivity contribution in [1.82, 2.24) is 25.8 Å². The zero-order chi connectivity index (χ0) is 30.4. The van der Waals surface area contributed by atoms with Gasteiger partial charge in [0.05, 0.1) is 6.04 Å². The minimum Gasteiger partial charge on any atom is -0.487 e. The van der Waals surface area contributed by atoms with E-state index >= 15 is 0 Å². The minimum absolute atomic E-state index is 0.139. The number of fused-ring (bicyclic) bond motifs is 11. The average molecular weight is 574 g/mol. The molecule has 2 aliphatic heterocycles. The van der Waals surface area contributed by atoms with Crippen LogP contribution in [0.2, 0.25) is 0 Å². The van der Waals surface area contributed by atoms with Gasteiger partial charge in [-0.15, -0.1) is 0 Å². The van der Waals surface area contributed by atoms with Gasteiger partial charge in [-0.1, -0.05) is 64.4 Å². The molecule has 1 aromatic heterocycles. The molecule has 0 saturated heterocycles. The molecule has 2 aromatic carbocycles. The number of H-pyrrole nitrogens is 1. The Morgan fingerprint density at radius 3 is 2.40 bits per heavy atom. The van der Waals surface area contributed by atoms with Gasteiger partial charge in [-0.25, -0.2) is 0 Å². The summed E-state index contributed by atoms with van der Waals surface area (Å²) in [6.07, 6.45) is 5.72. The number of para-hydroxylation sites is 1. The van der Waals surface area contributed by atoms with Gasteiger partial charge in [0, 0.05) is 23.3 Å². The molecule has 2 bridgehead atoms. The molecule has 5 rings (SSSR count). The van der Waals surface area contributed by atoms with E-state index in [-0.39, 0.29) is 23.7 Å². The molecule has 2 aliphatic rings. The number of hydrogen-bond donors (Lipinski definition) is 4. The second kappa shape index (κ2) is 13.7. The van der Waals surface area contributed by atoms with Crippen LogP contribution in [0.5, 0.6) is 5.75 Å². The van der Waals surface area contributed by atoms with E-state index in [1.807, 2.05) is 101 Å². The Balaban J connectivity index is 1.69. The minimum atomic E-state index is -1.06. The lowest BCUT2D eigenvalue weighted by molar-refractivity contribution is -0.136. The summed E-state index contributed by atoms with van der Waals surface area (Å²) in [4.78, 5) is 46.3. The number of likely N-dealkylation sites (N-methyl/N-ethyl adjacent to an activating group) is 1. The molecule has 3 heterocycles. The van der Waals surface area contributed by atoms with E-state index in [4.69, 9.17) is 4.74 Å². The summed E-state index contributed by atoms with van der Waals surface area (Å²) in [5.74, 6) is -0.787. The van der Waals surface area contributed by atoms with Crippen molar-refractivity contribution < 1.29 is 19.1 Å². The topological polar surface area (TPSA) is 116 Å². The second-order valence-electron chi connectivity index (χ2n) is 11.6. The smallest absolute Gasteiger partial charge is 0.247 e. The first-order valence-electron chi connectivity index (χ1n) is 14.6. The molecule has 3 amide bonds. The lowest BCUT2D eigenvalue weighted by atomic mass is 9.94. The highest BCUT2D eigenvalue weighted by molar-refractivity contribution is 5.94. The van der Waals surface area contributed by atoms with Crippen LogP contribution in [0.3, 0.4) is 0 Å². The van der Waals surface area contributed by atoms with Crippen LogP contribution >= 0.6 is 0 Å². The largest absolute Gasteiger partial charge is 0.487 e. The fourth-order valence-electron chi connectivity index (χ4n) is 5.22. The Kier molecular flexibility index (Phi) is 10.1. The van der Waals surface area contributed by atoms with Gasteiger partial charge >= 0.3 is 0 Å². The molecule has 0 radical (unpaired) electrons. The van der Waals surface area contributed by atoms with Gasteiger partial charge in [0.1, 0.15) is 23.9 Å². The van der Waals surface area contributed by atoms with Crippen molar-refractivity contribution in [2.45, 2.75) is 64.8 Å². The summed E-state index contributed by atoms with van der Waals surface area (Å²) in [6.45, 7) is 7.79. The van der Waals surface area contributed by atoms with Gasteiger partial charge in [0.25, 0.3) is 0 Å². The van der Waals surface area contributed by atoms with Crippen LogP contribution in [0.1, 0.15) is 45.2 Å². The third-order valence-corrected chi connectivity index (χ3v) is 8.03. The zero-order valence-corrected chi connectivity index (χ0v) is 25.3. The van der Waals surface area contributed by atoms with Crippen LogP contribution < -0.4 is 20.7 Å². The first-order chi connectivity index (χ1) is 20.1. The number of aromatic amines is 1. The summed E-state index contributed by atoms with van der Waals surface area (Å²) >= 11 is 0. The summed E-state index contributed by atoms with van der Waals surface area (Å²) in [7, 11) is 3.70. The molecule has 0 unspecified atom stereocenters. The van der Waals surface area contributed by atoms with E-state index in [1.165, 1.54) is 0 Å². The van der Waals surface area contributed by atoms with E-state index in [0.717, 1.165) is 22.0 Å². The zero-order valence-electron chi connectivity index (χ0n) is 25.3. The van der Waals surface area contributed by atoms with Gasteiger partial charge < -0.3 is 25.7 Å². The Bertz CT molecular complexity index is 1410. The fraction of sp³-hybridized carbons (Fsp3) is 0.424. The number of benzene rings is 2. The third kappa shape index (κ3) is 7.20. The summed E-state index contributed by atoms with van der Waals surface area (Å²) in [5.41, 5.74) is 2.90. The fourth-order valence-corrected chi connectivity index (χ4v) is 5.22. The monoisotopic (exact) mass is 573 g/mol. The standard InChI is InChI=1S/C33H43N5O4/c1-7-21(4)28-32(40)34-17-16-22-12-14-24(15-13-22)42-30(20(2)3)29(33(41)36-28)37-31(39)27(38(5)6)18-23-19-35-26-11-9-8-10-25(23)26/h8-17,19-21,27-30,35H,7,18H2,1-6H3,(H,34,40)(H,36,41)(H,37,39)/b17-16-/t21-,27-,28+,29+,30+/m1/s1. The van der Waals surface area contributed by atoms with Crippen LogP contribution in [0.25, 0.3) is 17.0 Å². The van der Waals surface area contributed by atoms with Crippen LogP contribution in [0.15, 0.2) is 60.9 Å². The molecule has 0 aliphatic carbocycles. The van der Waals surface area contributed by atoms with Crippen LogP contribution in [-0.4, -0.2) is 65.9 Å². The molecule has 42 heavy (non-hydrogen) atoms. The summed E-state index contributed by atoms with van der Waals surface area (Å²) < 4.78 is 6.39. The van der Waals surface area contributed by atoms with E-state index in [9.17, 15) is 14.4 Å². The molecule has 9 nitrogen and oxygen atoms in total. The maximum atomic E-state index is 14.0. The van der Waals surface area contributed by atoms with Crippen LogP contribution in [0, 0.1) is 11.8 Å². The Morgan fingerprint density at radius 1 is 1.02 bits per heavy atom. The normalized spacial score (nSPS) is 21.8. The highest BCUT2D eigenvalue weighted by Gasteiger charge is 2.38. The molecule has 5 atom stereocenters. The maximum absolute atomic E-state index is 14.0. The van der Waals surface area contributed by atoms with Gasteiger partial charge in [-0.05, 0) is 67.8 Å². The summed E-state index contributed by atoms with van der Waals surface area (Å²) in [5, 5.41) is 9.84. The van der Waals surface area contributed by atoms with Gasteiger partial charge in [-0.3, -0.25) is 19.3 Å². The number of rotatable bonds is 8. The number of carbonyl (C=O) groups excluding carboxylic acids is 3. The Hall–Kier alpha value is -4.11. The van der Waals surface area contributed by atoms with E-state index in [0.29, 0.717) is 18.6 Å². The van der Waals surface area contributed by atoms with Crippen molar-refractivity contribution in [2.24, 2.45) is 11.8 Å². The quantitative estimate of drug-likeness (QED) is 0.327. The molecule has 0 saturated carbocycles. The highest BCUT2D eigenvalue weighted by atomic mass is 16.5. The van der Waals surface area contributed by atoms with Crippen LogP contribution in [-0.2, 0) is 20.8 Å². The van der Waals surface area contributed by atoms with Crippen molar-refractivity contribution in [3.05, 3.63) is 72.1 Å². The van der Waals surface area contributed by atoms with Crippen molar-refractivity contribution in [1.29, 1.82) is 0 Å². The maximum Gasteiger partial charge on any atom is 0.247 e. The first kappa shape index (κ1) is 30.8. The van der Waals surface area contributed by atoms with Gasteiger partial charge in [-0.2, -0.15) is 0 Å². The number of carbonyl (C=O) groups is 3. The van der Waals surface area contributed by atoms with Gasteiger partial charge in [0.15, 0.2) is 0 Å². The van der Waals surface area contributed by atoms with Crippen molar-refractivity contribution in [3.63, 3.8) is 0 Å². The lowest BCUT2D eigenvalue weighted by Gasteiger charge is -2.34. The lowest BCUT2D eigenvalue weighted by Crippen LogP contribution is -2.62. The number of ether oxygens (including phenoxy) is 1. The Morgan fingerprint density at radius 2 is 1.74 bits per heavy atom. The number of nitrogens with zero attached hydrogens (tertiary/aromatic N) is 1. The second-order valence-corrected chi connectivity index (χ2v) is 11.6. The Labute approximate surface area is 248 Å². The number of aromatic nitrogens is 1.